The van der Waals surface area contributed by atoms with Crippen LogP contribution in [0.1, 0.15) is 31.6 Å². The van der Waals surface area contributed by atoms with Crippen molar-refractivity contribution in [2.45, 2.75) is 38.3 Å². The first-order valence-electron chi connectivity index (χ1n) is 7.24. The molecule has 1 aromatic heterocycles. The van der Waals surface area contributed by atoms with Gasteiger partial charge in [0.1, 0.15) is 0 Å². The van der Waals surface area contributed by atoms with Gasteiger partial charge < -0.3 is 24.5 Å². The Kier molecular flexibility index (Phi) is 6.23. The molecule has 114 valence electrons. The highest BCUT2D eigenvalue weighted by molar-refractivity contribution is 5.27. The lowest BCUT2D eigenvalue weighted by atomic mass is 10.1. The van der Waals surface area contributed by atoms with Crippen LogP contribution < -0.4 is 10.2 Å². The third kappa shape index (κ3) is 4.16. The number of aliphatic hydroxyl groups is 1. The molecule has 1 aliphatic rings. The molecule has 2 heterocycles. The number of nitrogens with zero attached hydrogens (tertiary/aromatic N) is 3. The molecule has 0 amide bonds. The maximum atomic E-state index is 9.50. The molecule has 2 N–H and O–H groups in total. The van der Waals surface area contributed by atoms with Crippen molar-refractivity contribution in [1.82, 2.24) is 15.5 Å². The highest BCUT2D eigenvalue weighted by Gasteiger charge is 2.24. The average molecular weight is 284 g/mol. The van der Waals surface area contributed by atoms with Crippen LogP contribution in [0.25, 0.3) is 0 Å². The van der Waals surface area contributed by atoms with Crippen molar-refractivity contribution >= 4 is 6.01 Å². The summed E-state index contributed by atoms with van der Waals surface area (Å²) in [7, 11) is 1.67. The molecule has 0 aliphatic carbocycles. The lowest BCUT2D eigenvalue weighted by Gasteiger charge is -2.26. The molecule has 7 nitrogen and oxygen atoms in total. The first-order chi connectivity index (χ1) is 9.85. The predicted molar refractivity (Wildman–Crippen MR) is 74.6 cm³/mol. The van der Waals surface area contributed by atoms with E-state index in [4.69, 9.17) is 9.15 Å². The second kappa shape index (κ2) is 8.18. The summed E-state index contributed by atoms with van der Waals surface area (Å²) in [6.45, 7) is 2.93. The van der Waals surface area contributed by atoms with E-state index in [9.17, 15) is 5.11 Å². The van der Waals surface area contributed by atoms with E-state index in [-0.39, 0.29) is 12.6 Å². The first kappa shape index (κ1) is 15.2. The summed E-state index contributed by atoms with van der Waals surface area (Å²) in [6.07, 6.45) is 4.40. The summed E-state index contributed by atoms with van der Waals surface area (Å²) in [6, 6.07) is 0.613. The second-order valence-electron chi connectivity index (χ2n) is 5.03. The van der Waals surface area contributed by atoms with E-state index in [1.54, 1.807) is 7.11 Å². The number of anilines is 1. The van der Waals surface area contributed by atoms with Crippen LogP contribution in [0.3, 0.4) is 0 Å². The maximum Gasteiger partial charge on any atom is 0.318 e. The van der Waals surface area contributed by atoms with E-state index in [1.165, 1.54) is 6.42 Å². The lowest BCUT2D eigenvalue weighted by Crippen LogP contribution is -2.37. The van der Waals surface area contributed by atoms with E-state index in [2.05, 4.69) is 15.5 Å². The zero-order valence-corrected chi connectivity index (χ0v) is 12.0. The number of methoxy groups -OCH3 is 1. The highest BCUT2D eigenvalue weighted by atomic mass is 16.5. The van der Waals surface area contributed by atoms with Crippen LogP contribution in [0.2, 0.25) is 0 Å². The highest BCUT2D eigenvalue weighted by Crippen LogP contribution is 2.22. The van der Waals surface area contributed by atoms with Crippen molar-refractivity contribution in [3.05, 3.63) is 5.89 Å². The molecule has 1 fully saturated rings. The van der Waals surface area contributed by atoms with Gasteiger partial charge in [0, 0.05) is 20.2 Å². The average Bonchev–Trinajstić information content (AvgIpc) is 2.80. The number of rotatable bonds is 7. The summed E-state index contributed by atoms with van der Waals surface area (Å²) in [5.74, 6) is 0.567. The summed E-state index contributed by atoms with van der Waals surface area (Å²) >= 11 is 0. The van der Waals surface area contributed by atoms with Crippen LogP contribution in [0.4, 0.5) is 6.01 Å². The number of hydrogen-bond donors (Lipinski definition) is 2. The van der Waals surface area contributed by atoms with Crippen molar-refractivity contribution in [1.29, 1.82) is 0 Å². The zero-order chi connectivity index (χ0) is 14.2. The van der Waals surface area contributed by atoms with Gasteiger partial charge in [-0.3, -0.25) is 0 Å². The molecule has 0 bridgehead atoms. The summed E-state index contributed by atoms with van der Waals surface area (Å²) in [5, 5.41) is 20.8. The maximum absolute atomic E-state index is 9.50. The van der Waals surface area contributed by atoms with Gasteiger partial charge in [-0.2, -0.15) is 0 Å². The normalized spacial score (nSPS) is 20.1. The Bertz CT molecular complexity index is 385. The quantitative estimate of drug-likeness (QED) is 0.707. The van der Waals surface area contributed by atoms with Gasteiger partial charge in [-0.1, -0.05) is 17.9 Å². The largest absolute Gasteiger partial charge is 0.407 e. The molecule has 1 atom stereocenters. The van der Waals surface area contributed by atoms with Crippen molar-refractivity contribution in [2.75, 3.05) is 38.3 Å². The van der Waals surface area contributed by atoms with Gasteiger partial charge in [0.2, 0.25) is 5.89 Å². The Morgan fingerprint density at radius 2 is 2.30 bits per heavy atom. The number of ether oxygens (including phenoxy) is 1. The van der Waals surface area contributed by atoms with Crippen LogP contribution in [-0.4, -0.2) is 54.8 Å². The van der Waals surface area contributed by atoms with E-state index in [1.807, 2.05) is 4.90 Å². The van der Waals surface area contributed by atoms with Gasteiger partial charge in [-0.05, 0) is 12.8 Å². The van der Waals surface area contributed by atoms with E-state index >= 15 is 0 Å². The van der Waals surface area contributed by atoms with Crippen molar-refractivity contribution in [2.24, 2.45) is 0 Å². The van der Waals surface area contributed by atoms with Gasteiger partial charge in [0.05, 0.1) is 25.8 Å². The van der Waals surface area contributed by atoms with Gasteiger partial charge in [-0.15, -0.1) is 5.10 Å². The molecule has 1 saturated heterocycles. The van der Waals surface area contributed by atoms with E-state index in [0.29, 0.717) is 25.1 Å². The van der Waals surface area contributed by atoms with Gasteiger partial charge >= 0.3 is 6.01 Å². The fourth-order valence-corrected chi connectivity index (χ4v) is 2.42. The Hall–Kier alpha value is -1.18. The van der Waals surface area contributed by atoms with Gasteiger partial charge in [-0.25, -0.2) is 0 Å². The smallest absolute Gasteiger partial charge is 0.318 e. The van der Waals surface area contributed by atoms with Crippen LogP contribution in [0, 0.1) is 0 Å². The molecule has 1 aliphatic heterocycles. The predicted octanol–water partition coefficient (Wildman–Crippen LogP) is 0.547. The molecule has 1 aromatic rings. The SMILES string of the molecule is COCCNCc1nnc(N2CCCCCC2CO)o1. The third-order valence-electron chi connectivity index (χ3n) is 3.55. The number of aromatic nitrogens is 2. The van der Waals surface area contributed by atoms with Crippen molar-refractivity contribution in [3.8, 4) is 0 Å². The Morgan fingerprint density at radius 3 is 3.10 bits per heavy atom. The Labute approximate surface area is 119 Å². The molecule has 1 unspecified atom stereocenters. The van der Waals surface area contributed by atoms with Crippen molar-refractivity contribution < 1.29 is 14.3 Å². The zero-order valence-electron chi connectivity index (χ0n) is 12.0. The van der Waals surface area contributed by atoms with Crippen molar-refractivity contribution in [3.63, 3.8) is 0 Å². The minimum atomic E-state index is 0.0900. The lowest BCUT2D eigenvalue weighted by molar-refractivity contribution is 0.198. The molecule has 0 spiro atoms. The molecule has 7 heteroatoms. The monoisotopic (exact) mass is 284 g/mol. The summed E-state index contributed by atoms with van der Waals surface area (Å²) in [5.41, 5.74) is 0. The van der Waals surface area contributed by atoms with E-state index < -0.39 is 0 Å². The number of nitrogens with one attached hydrogen (secondary N) is 1. The molecule has 0 radical (unpaired) electrons. The Morgan fingerprint density at radius 1 is 1.40 bits per heavy atom. The molecule has 20 heavy (non-hydrogen) atoms. The summed E-state index contributed by atoms with van der Waals surface area (Å²) in [4.78, 5) is 2.04. The third-order valence-corrected chi connectivity index (χ3v) is 3.55. The molecule has 0 saturated carbocycles. The topological polar surface area (TPSA) is 83.7 Å². The van der Waals surface area contributed by atoms with Crippen LogP contribution in [-0.2, 0) is 11.3 Å². The molecular formula is C13H24N4O3. The van der Waals surface area contributed by atoms with Crippen LogP contribution in [0.5, 0.6) is 0 Å². The van der Waals surface area contributed by atoms with Crippen LogP contribution >= 0.6 is 0 Å². The molecule has 0 aromatic carbocycles. The fourth-order valence-electron chi connectivity index (χ4n) is 2.42. The van der Waals surface area contributed by atoms with Gasteiger partial charge in [0.15, 0.2) is 0 Å². The second-order valence-corrected chi connectivity index (χ2v) is 5.03. The standard InChI is InChI=1S/C13H24N4O3/c1-19-8-6-14-9-12-15-16-13(20-12)17-7-4-2-3-5-11(17)10-18/h11,14,18H,2-10H2,1H3. The summed E-state index contributed by atoms with van der Waals surface area (Å²) < 4.78 is 10.6. The van der Waals surface area contributed by atoms with Crippen LogP contribution in [0.15, 0.2) is 4.42 Å². The minimum absolute atomic E-state index is 0.0900. The molecule has 2 rings (SSSR count). The van der Waals surface area contributed by atoms with Gasteiger partial charge in [0.25, 0.3) is 0 Å². The minimum Gasteiger partial charge on any atom is -0.407 e. The number of aliphatic hydroxyl groups excluding tert-OH is 1. The molecular weight excluding hydrogens is 260 g/mol. The fraction of sp³-hybridized carbons (Fsp3) is 0.846. The Balaban J connectivity index is 1.92. The van der Waals surface area contributed by atoms with E-state index in [0.717, 1.165) is 32.4 Å². The first-order valence-corrected chi connectivity index (χ1v) is 7.24. The number of hydrogen-bond acceptors (Lipinski definition) is 7.